The van der Waals surface area contributed by atoms with Crippen molar-refractivity contribution in [1.82, 2.24) is 20.2 Å². The van der Waals surface area contributed by atoms with Crippen LogP contribution in [0.5, 0.6) is 23.0 Å². The Hall–Kier alpha value is -5.73. The fourth-order valence-corrected chi connectivity index (χ4v) is 5.34. The number of nitrogens with two attached hydrogens (primary N) is 1. The number of aryl methyl sites for hydroxylation is 1. The minimum atomic E-state index is -0.877. The second-order valence-corrected chi connectivity index (χ2v) is 9.45. The number of guanidine groups is 1. The van der Waals surface area contributed by atoms with Crippen molar-refractivity contribution in [2.75, 3.05) is 20.1 Å². The molecule has 0 atom stereocenters. The first kappa shape index (κ1) is 24.3. The van der Waals surface area contributed by atoms with E-state index in [0.717, 1.165) is 11.0 Å². The molecule has 5 heterocycles. The molecule has 3 aliphatic rings. The fourth-order valence-electron chi connectivity index (χ4n) is 5.34. The van der Waals surface area contributed by atoms with Gasteiger partial charge < -0.3 is 39.5 Å². The topological polar surface area (TPSA) is 197 Å². The lowest BCUT2D eigenvalue weighted by molar-refractivity contribution is -0.485. The van der Waals surface area contributed by atoms with E-state index in [-0.39, 0.29) is 30.7 Å². The van der Waals surface area contributed by atoms with Crippen LogP contribution in [0.15, 0.2) is 41.8 Å². The Morgan fingerprint density at radius 2 is 1.61 bits per heavy atom. The maximum absolute atomic E-state index is 13.3. The number of aromatic amines is 1. The number of imide groups is 1. The summed E-state index contributed by atoms with van der Waals surface area (Å²) in [5.74, 6) is 0.872. The molecular formula is C26H21N7O8. The van der Waals surface area contributed by atoms with Crippen LogP contribution in [0.3, 0.4) is 0 Å². The molecular weight excluding hydrogens is 538 g/mol. The van der Waals surface area contributed by atoms with Gasteiger partial charge in [-0.3, -0.25) is 14.9 Å². The highest BCUT2D eigenvalue weighted by Crippen LogP contribution is 2.44. The summed E-state index contributed by atoms with van der Waals surface area (Å²) in [5.41, 5.74) is 8.51. The SMILES string of the molecule is NC(=N[N+](=O)[O-])NCCCn1cc(C2=C(c3c[nH]c4cc5c(cc34)OCO5)C(=O)NC2=O)c2cc3c(cc21)OCO3. The number of nitro groups is 1. The summed E-state index contributed by atoms with van der Waals surface area (Å²) < 4.78 is 24.1. The Kier molecular flexibility index (Phi) is 5.45. The summed E-state index contributed by atoms with van der Waals surface area (Å²) >= 11 is 0. The van der Waals surface area contributed by atoms with Gasteiger partial charge in [-0.05, 0) is 18.6 Å². The van der Waals surface area contributed by atoms with E-state index >= 15 is 0 Å². The molecule has 0 bridgehead atoms. The fraction of sp³-hybridized carbons (Fsp3) is 0.192. The third-order valence-corrected chi connectivity index (χ3v) is 7.09. The van der Waals surface area contributed by atoms with Crippen LogP contribution in [0.2, 0.25) is 0 Å². The van der Waals surface area contributed by atoms with Crippen molar-refractivity contribution < 1.29 is 33.6 Å². The van der Waals surface area contributed by atoms with E-state index in [1.165, 1.54) is 0 Å². The zero-order valence-electron chi connectivity index (χ0n) is 21.2. The number of ether oxygens (including phenoxy) is 4. The molecule has 0 saturated carbocycles. The number of rotatable bonds is 7. The Balaban J connectivity index is 1.33. The van der Waals surface area contributed by atoms with Gasteiger partial charge in [0.25, 0.3) is 17.8 Å². The molecule has 4 aromatic rings. The number of amides is 2. The molecule has 0 fully saturated rings. The number of hydrogen-bond donors (Lipinski definition) is 4. The normalized spacial score (nSPS) is 15.9. The number of hydrogen-bond acceptors (Lipinski definition) is 8. The molecule has 3 aliphatic heterocycles. The van der Waals surface area contributed by atoms with Crippen LogP contribution in [-0.4, -0.2) is 52.5 Å². The van der Waals surface area contributed by atoms with Crippen molar-refractivity contribution >= 4 is 50.7 Å². The van der Waals surface area contributed by atoms with Gasteiger partial charge in [0.1, 0.15) is 5.10 Å². The third kappa shape index (κ3) is 4.02. The largest absolute Gasteiger partial charge is 0.454 e. The molecule has 15 heteroatoms. The summed E-state index contributed by atoms with van der Waals surface area (Å²) in [6, 6.07) is 7.18. The van der Waals surface area contributed by atoms with Crippen LogP contribution in [0.1, 0.15) is 17.5 Å². The first-order valence-electron chi connectivity index (χ1n) is 12.5. The number of hydrazone groups is 1. The molecule has 2 aromatic carbocycles. The van der Waals surface area contributed by atoms with Gasteiger partial charge in [0.2, 0.25) is 13.6 Å². The zero-order valence-corrected chi connectivity index (χ0v) is 21.2. The number of carbonyl (C=O) groups excluding carboxylic acids is 2. The van der Waals surface area contributed by atoms with Gasteiger partial charge in [-0.2, -0.15) is 0 Å². The van der Waals surface area contributed by atoms with Gasteiger partial charge in [0.05, 0.1) is 16.7 Å². The number of aromatic nitrogens is 2. The average Bonchev–Trinajstić information content (AvgIpc) is 3.75. The minimum Gasteiger partial charge on any atom is -0.454 e. The highest BCUT2D eigenvalue weighted by Gasteiger charge is 2.36. The van der Waals surface area contributed by atoms with E-state index in [1.807, 2.05) is 10.6 Å². The molecule has 7 rings (SSSR count). The molecule has 0 unspecified atom stereocenters. The monoisotopic (exact) mass is 559 g/mol. The van der Waals surface area contributed by atoms with E-state index in [1.54, 1.807) is 30.6 Å². The molecule has 0 radical (unpaired) electrons. The van der Waals surface area contributed by atoms with Gasteiger partial charge in [-0.1, -0.05) is 0 Å². The van der Waals surface area contributed by atoms with Crippen molar-refractivity contribution in [2.45, 2.75) is 13.0 Å². The third-order valence-electron chi connectivity index (χ3n) is 7.09. The van der Waals surface area contributed by atoms with Crippen molar-refractivity contribution in [2.24, 2.45) is 10.8 Å². The highest BCUT2D eigenvalue weighted by atomic mass is 16.7. The Morgan fingerprint density at radius 1 is 0.976 bits per heavy atom. The van der Waals surface area contributed by atoms with Crippen LogP contribution in [0.25, 0.3) is 33.0 Å². The molecule has 0 saturated heterocycles. The molecule has 15 nitrogen and oxygen atoms in total. The van der Waals surface area contributed by atoms with Crippen LogP contribution in [0.4, 0.5) is 0 Å². The first-order valence-corrected chi connectivity index (χ1v) is 12.5. The predicted octanol–water partition coefficient (Wildman–Crippen LogP) is 1.63. The van der Waals surface area contributed by atoms with Crippen LogP contribution >= 0.6 is 0 Å². The number of benzene rings is 2. The smallest absolute Gasteiger partial charge is 0.266 e. The van der Waals surface area contributed by atoms with E-state index in [0.29, 0.717) is 64.4 Å². The molecule has 5 N–H and O–H groups in total. The van der Waals surface area contributed by atoms with Gasteiger partial charge in [-0.25, -0.2) is 10.1 Å². The lowest BCUT2D eigenvalue weighted by Gasteiger charge is -2.07. The number of fused-ring (bicyclic) bond motifs is 4. The van der Waals surface area contributed by atoms with Crippen molar-refractivity contribution in [3.63, 3.8) is 0 Å². The Morgan fingerprint density at radius 3 is 2.32 bits per heavy atom. The average molecular weight is 559 g/mol. The van der Waals surface area contributed by atoms with Crippen molar-refractivity contribution in [3.8, 4) is 23.0 Å². The van der Waals surface area contributed by atoms with Gasteiger partial charge in [0.15, 0.2) is 28.0 Å². The second kappa shape index (κ2) is 9.18. The molecule has 2 amide bonds. The second-order valence-electron chi connectivity index (χ2n) is 9.45. The zero-order chi connectivity index (χ0) is 28.2. The summed E-state index contributed by atoms with van der Waals surface area (Å²) in [6.07, 6.45) is 3.99. The number of H-pyrrole nitrogens is 1. The summed E-state index contributed by atoms with van der Waals surface area (Å²) in [7, 11) is 0. The minimum absolute atomic E-state index is 0.0641. The Bertz CT molecular complexity index is 1870. The lowest BCUT2D eigenvalue weighted by atomic mass is 9.95. The molecule has 208 valence electrons. The van der Waals surface area contributed by atoms with Crippen LogP contribution in [0, 0.1) is 10.1 Å². The molecule has 0 aliphatic carbocycles. The van der Waals surface area contributed by atoms with E-state index in [2.05, 4.69) is 20.7 Å². The predicted molar refractivity (Wildman–Crippen MR) is 144 cm³/mol. The number of carbonyl (C=O) groups is 2. The van der Waals surface area contributed by atoms with Crippen molar-refractivity contribution in [1.29, 1.82) is 0 Å². The summed E-state index contributed by atoms with van der Waals surface area (Å²) in [6.45, 7) is 0.920. The standard InChI is InChI=1S/C26H21N7O8/c27-26(31-33(36)37)28-2-1-3-32-9-15(13-5-19-21(7-17(13)32)41-11-39-19)23-22(24(34)30-25(23)35)14-8-29-16-6-20-18(4-12(14)16)38-10-40-20/h4-9,29H,1-3,10-11H2,(H3,27,28,31)(H,30,34,35). The maximum Gasteiger partial charge on any atom is 0.266 e. The van der Waals surface area contributed by atoms with E-state index < -0.39 is 16.8 Å². The molecule has 2 aromatic heterocycles. The van der Waals surface area contributed by atoms with E-state index in [9.17, 15) is 19.7 Å². The van der Waals surface area contributed by atoms with Gasteiger partial charge in [-0.15, -0.1) is 0 Å². The highest BCUT2D eigenvalue weighted by molar-refractivity contribution is 6.50. The number of nitrogens with zero attached hydrogens (tertiary/aromatic N) is 3. The van der Waals surface area contributed by atoms with Gasteiger partial charge in [0, 0.05) is 65.0 Å². The number of nitrogens with one attached hydrogen (secondary N) is 3. The van der Waals surface area contributed by atoms with Crippen molar-refractivity contribution in [3.05, 3.63) is 57.9 Å². The quantitative estimate of drug-likeness (QED) is 0.0645. The Labute approximate surface area is 229 Å². The summed E-state index contributed by atoms with van der Waals surface area (Å²) in [5, 5.41) is 19.2. The van der Waals surface area contributed by atoms with Gasteiger partial charge >= 0.3 is 0 Å². The lowest BCUT2D eigenvalue weighted by Crippen LogP contribution is -2.33. The maximum atomic E-state index is 13.3. The molecule has 41 heavy (non-hydrogen) atoms. The summed E-state index contributed by atoms with van der Waals surface area (Å²) in [4.78, 5) is 40.2. The van der Waals surface area contributed by atoms with Crippen LogP contribution in [-0.2, 0) is 16.1 Å². The van der Waals surface area contributed by atoms with E-state index in [4.69, 9.17) is 24.7 Å². The first-order chi connectivity index (χ1) is 19.9. The molecule has 0 spiro atoms. The van der Waals surface area contributed by atoms with Crippen LogP contribution < -0.4 is 35.3 Å².